The van der Waals surface area contributed by atoms with Crippen LogP contribution in [0.3, 0.4) is 0 Å². The number of thiophene rings is 1. The Labute approximate surface area is 162 Å². The number of nitro benzene ring substituents is 1. The fourth-order valence-corrected chi connectivity index (χ4v) is 3.90. The number of likely N-dealkylation sites (tertiary alicyclic amines) is 1. The van der Waals surface area contributed by atoms with E-state index in [9.17, 15) is 14.9 Å². The standard InChI is InChI=1S/C20H23N3O3S/c24-20(8-5-16-3-6-18(7-4-16)23(25)26)21-14-17-9-11-22(12-10-17)15-19-2-1-13-27-19/h1-8,13,17H,9-12,14-15H2,(H,21,24)/b8-5+. The van der Waals surface area contributed by atoms with Gasteiger partial charge in [-0.3, -0.25) is 19.8 Å². The molecule has 3 rings (SSSR count). The first kappa shape index (κ1) is 19.3. The molecule has 6 nitrogen and oxygen atoms in total. The van der Waals surface area contributed by atoms with E-state index in [4.69, 9.17) is 0 Å². The summed E-state index contributed by atoms with van der Waals surface area (Å²) in [6.07, 6.45) is 5.34. The fraction of sp³-hybridized carbons (Fsp3) is 0.350. The van der Waals surface area contributed by atoms with Crippen LogP contribution in [0.5, 0.6) is 0 Å². The van der Waals surface area contributed by atoms with E-state index in [0.717, 1.165) is 38.0 Å². The Balaban J connectivity index is 1.37. The highest BCUT2D eigenvalue weighted by atomic mass is 32.1. The van der Waals surface area contributed by atoms with Crippen LogP contribution in [-0.2, 0) is 11.3 Å². The Bertz CT molecular complexity index is 779. The molecule has 1 aliphatic heterocycles. The first-order valence-corrected chi connectivity index (χ1v) is 9.93. The van der Waals surface area contributed by atoms with Gasteiger partial charge < -0.3 is 5.32 Å². The lowest BCUT2D eigenvalue weighted by molar-refractivity contribution is -0.384. The minimum absolute atomic E-state index is 0.0435. The lowest BCUT2D eigenvalue weighted by Gasteiger charge is -2.31. The van der Waals surface area contributed by atoms with Crippen LogP contribution in [0.1, 0.15) is 23.3 Å². The summed E-state index contributed by atoms with van der Waals surface area (Å²) in [5.74, 6) is 0.385. The molecule has 2 heterocycles. The van der Waals surface area contributed by atoms with Crippen LogP contribution in [0.2, 0.25) is 0 Å². The summed E-state index contributed by atoms with van der Waals surface area (Å²) in [5, 5.41) is 15.7. The van der Waals surface area contributed by atoms with E-state index in [0.29, 0.717) is 12.5 Å². The zero-order valence-electron chi connectivity index (χ0n) is 15.0. The molecule has 27 heavy (non-hydrogen) atoms. The molecular formula is C20H23N3O3S. The third-order valence-corrected chi connectivity index (χ3v) is 5.62. The Hall–Kier alpha value is -2.51. The number of non-ortho nitro benzene ring substituents is 1. The summed E-state index contributed by atoms with van der Waals surface area (Å²) in [6.45, 7) is 3.85. The van der Waals surface area contributed by atoms with Crippen molar-refractivity contribution in [2.75, 3.05) is 19.6 Å². The van der Waals surface area contributed by atoms with Crippen molar-refractivity contribution in [2.24, 2.45) is 5.92 Å². The number of nitro groups is 1. The monoisotopic (exact) mass is 385 g/mol. The number of carbonyl (C=O) groups excluding carboxylic acids is 1. The largest absolute Gasteiger partial charge is 0.352 e. The zero-order valence-corrected chi connectivity index (χ0v) is 15.9. The van der Waals surface area contributed by atoms with E-state index >= 15 is 0 Å². The summed E-state index contributed by atoms with van der Waals surface area (Å²) >= 11 is 1.80. The predicted molar refractivity (Wildman–Crippen MR) is 107 cm³/mol. The number of rotatable bonds is 7. The molecule has 142 valence electrons. The maximum atomic E-state index is 12.0. The van der Waals surface area contributed by atoms with Gasteiger partial charge in [0.25, 0.3) is 5.69 Å². The summed E-state index contributed by atoms with van der Waals surface area (Å²) in [4.78, 5) is 26.1. The molecular weight excluding hydrogens is 362 g/mol. The van der Waals surface area contributed by atoms with Crippen molar-refractivity contribution in [3.05, 3.63) is 68.4 Å². The van der Waals surface area contributed by atoms with Gasteiger partial charge in [-0.15, -0.1) is 11.3 Å². The quantitative estimate of drug-likeness (QED) is 0.448. The summed E-state index contributed by atoms with van der Waals surface area (Å²) in [6, 6.07) is 10.4. The topological polar surface area (TPSA) is 75.5 Å². The van der Waals surface area contributed by atoms with Crippen LogP contribution in [0.4, 0.5) is 5.69 Å². The Morgan fingerprint density at radius 2 is 2.00 bits per heavy atom. The molecule has 0 saturated carbocycles. The van der Waals surface area contributed by atoms with Crippen molar-refractivity contribution in [2.45, 2.75) is 19.4 Å². The molecule has 1 aromatic heterocycles. The second-order valence-electron chi connectivity index (χ2n) is 6.73. The minimum atomic E-state index is -0.439. The Morgan fingerprint density at radius 3 is 2.63 bits per heavy atom. The SMILES string of the molecule is O=C(/C=C/c1ccc([N+](=O)[O-])cc1)NCC1CCN(Cc2cccs2)CC1. The number of hydrogen-bond acceptors (Lipinski definition) is 5. The average molecular weight is 385 g/mol. The summed E-state index contributed by atoms with van der Waals surface area (Å²) < 4.78 is 0. The van der Waals surface area contributed by atoms with Gasteiger partial charge in [0, 0.05) is 36.2 Å². The minimum Gasteiger partial charge on any atom is -0.352 e. The van der Waals surface area contributed by atoms with E-state index < -0.39 is 4.92 Å². The molecule has 0 spiro atoms. The van der Waals surface area contributed by atoms with Crippen molar-refractivity contribution < 1.29 is 9.72 Å². The fourth-order valence-electron chi connectivity index (χ4n) is 3.15. The number of amides is 1. The van der Waals surface area contributed by atoms with Crippen molar-refractivity contribution in [1.29, 1.82) is 0 Å². The third-order valence-electron chi connectivity index (χ3n) is 4.76. The predicted octanol–water partition coefficient (Wildman–Crippen LogP) is 3.70. The molecule has 1 amide bonds. The first-order chi connectivity index (χ1) is 13.1. The maximum Gasteiger partial charge on any atom is 0.269 e. The van der Waals surface area contributed by atoms with Crippen molar-refractivity contribution in [3.8, 4) is 0 Å². The highest BCUT2D eigenvalue weighted by Gasteiger charge is 2.19. The molecule has 1 fully saturated rings. The summed E-state index contributed by atoms with van der Waals surface area (Å²) in [7, 11) is 0. The number of nitrogens with one attached hydrogen (secondary N) is 1. The van der Waals surface area contributed by atoms with E-state index in [2.05, 4.69) is 27.7 Å². The number of hydrogen-bond donors (Lipinski definition) is 1. The smallest absolute Gasteiger partial charge is 0.269 e. The number of benzene rings is 1. The van der Waals surface area contributed by atoms with Gasteiger partial charge in [-0.2, -0.15) is 0 Å². The second kappa shape index (κ2) is 9.43. The molecule has 1 aliphatic rings. The van der Waals surface area contributed by atoms with E-state index in [1.165, 1.54) is 23.1 Å². The second-order valence-corrected chi connectivity index (χ2v) is 7.76. The Kier molecular flexibility index (Phi) is 6.73. The van der Waals surface area contributed by atoms with Gasteiger partial charge in [0.15, 0.2) is 0 Å². The molecule has 1 aromatic carbocycles. The summed E-state index contributed by atoms with van der Waals surface area (Å²) in [5.41, 5.74) is 0.805. The van der Waals surface area contributed by atoms with Crippen LogP contribution < -0.4 is 5.32 Å². The van der Waals surface area contributed by atoms with E-state index in [1.807, 2.05) is 0 Å². The lowest BCUT2D eigenvalue weighted by Crippen LogP contribution is -2.37. The van der Waals surface area contributed by atoms with Crippen molar-refractivity contribution in [1.82, 2.24) is 10.2 Å². The van der Waals surface area contributed by atoms with Gasteiger partial charge in [-0.1, -0.05) is 6.07 Å². The molecule has 1 N–H and O–H groups in total. The van der Waals surface area contributed by atoms with E-state index in [-0.39, 0.29) is 11.6 Å². The van der Waals surface area contributed by atoms with Crippen LogP contribution in [0.15, 0.2) is 47.9 Å². The molecule has 2 aromatic rings. The molecule has 0 aliphatic carbocycles. The van der Waals surface area contributed by atoms with E-state index in [1.54, 1.807) is 29.5 Å². The third kappa shape index (κ3) is 6.01. The molecule has 7 heteroatoms. The van der Waals surface area contributed by atoms with Crippen LogP contribution in [0, 0.1) is 16.0 Å². The van der Waals surface area contributed by atoms with Gasteiger partial charge in [0.1, 0.15) is 0 Å². The normalized spacial score (nSPS) is 15.9. The van der Waals surface area contributed by atoms with Crippen LogP contribution in [0.25, 0.3) is 6.08 Å². The number of nitrogens with zero attached hydrogens (tertiary/aromatic N) is 2. The molecule has 0 unspecified atom stereocenters. The van der Waals surface area contributed by atoms with Crippen molar-refractivity contribution in [3.63, 3.8) is 0 Å². The maximum absolute atomic E-state index is 12.0. The number of carbonyl (C=O) groups is 1. The molecule has 0 radical (unpaired) electrons. The zero-order chi connectivity index (χ0) is 19.1. The van der Waals surface area contributed by atoms with Gasteiger partial charge in [-0.25, -0.2) is 0 Å². The van der Waals surface area contributed by atoms with Gasteiger partial charge in [-0.05, 0) is 67.1 Å². The van der Waals surface area contributed by atoms with Gasteiger partial charge in [0.05, 0.1) is 4.92 Å². The van der Waals surface area contributed by atoms with Crippen LogP contribution in [-0.4, -0.2) is 35.4 Å². The number of piperidine rings is 1. The first-order valence-electron chi connectivity index (χ1n) is 9.05. The molecule has 1 saturated heterocycles. The average Bonchev–Trinajstić information content (AvgIpc) is 3.19. The molecule has 0 bridgehead atoms. The molecule has 0 atom stereocenters. The van der Waals surface area contributed by atoms with Gasteiger partial charge in [0.2, 0.25) is 5.91 Å². The Morgan fingerprint density at radius 1 is 1.26 bits per heavy atom. The van der Waals surface area contributed by atoms with Crippen LogP contribution >= 0.6 is 11.3 Å². The highest BCUT2D eigenvalue weighted by Crippen LogP contribution is 2.20. The van der Waals surface area contributed by atoms with Gasteiger partial charge >= 0.3 is 0 Å². The van der Waals surface area contributed by atoms with Crippen molar-refractivity contribution >= 4 is 29.0 Å². The highest BCUT2D eigenvalue weighted by molar-refractivity contribution is 7.09. The lowest BCUT2D eigenvalue weighted by atomic mass is 9.97.